The summed E-state index contributed by atoms with van der Waals surface area (Å²) < 4.78 is 0. The minimum atomic E-state index is 0.0354. The van der Waals surface area contributed by atoms with Gasteiger partial charge in [-0.05, 0) is 62.6 Å². The van der Waals surface area contributed by atoms with Crippen LogP contribution in [0.2, 0.25) is 0 Å². The molecule has 26 heavy (non-hydrogen) atoms. The van der Waals surface area contributed by atoms with Crippen molar-refractivity contribution in [2.24, 2.45) is 5.92 Å². The van der Waals surface area contributed by atoms with Crippen LogP contribution in [-0.2, 0) is 6.54 Å². The molecule has 0 radical (unpaired) electrons. The van der Waals surface area contributed by atoms with Crippen LogP contribution in [0.25, 0.3) is 0 Å². The fourth-order valence-corrected chi connectivity index (χ4v) is 4.75. The number of carbonyl (C=O) groups excluding carboxylic acids is 1. The Bertz CT molecular complexity index is 566. The number of hydrogen-bond acceptors (Lipinski definition) is 3. The molecule has 3 rings (SSSR count). The number of nitrogens with one attached hydrogen (secondary N) is 2. The summed E-state index contributed by atoms with van der Waals surface area (Å²) in [6.45, 7) is 4.10. The van der Waals surface area contributed by atoms with Gasteiger partial charge in [-0.25, -0.2) is 4.79 Å². The zero-order valence-electron chi connectivity index (χ0n) is 16.0. The predicted molar refractivity (Wildman–Crippen MR) is 110 cm³/mol. The van der Waals surface area contributed by atoms with Gasteiger partial charge in [0.25, 0.3) is 0 Å². The topological polar surface area (TPSA) is 44.4 Å². The van der Waals surface area contributed by atoms with Gasteiger partial charge in [0.1, 0.15) is 0 Å². The monoisotopic (exact) mass is 375 g/mol. The number of nitrogens with zero attached hydrogens (tertiary/aromatic N) is 1. The zero-order valence-corrected chi connectivity index (χ0v) is 16.8. The van der Waals surface area contributed by atoms with E-state index >= 15 is 0 Å². The summed E-state index contributed by atoms with van der Waals surface area (Å²) >= 11 is 1.83. The second-order valence-electron chi connectivity index (χ2n) is 7.72. The van der Waals surface area contributed by atoms with E-state index < -0.39 is 0 Å². The quantitative estimate of drug-likeness (QED) is 0.731. The molecule has 0 spiro atoms. The Hall–Kier alpha value is -1.20. The SMILES string of the molecule is CSc1ccccc1CN1CCC(CNC(=O)NC2CCCCC2)CC1. The molecule has 0 bridgehead atoms. The molecule has 5 heteroatoms. The van der Waals surface area contributed by atoms with Crippen LogP contribution in [0.4, 0.5) is 4.79 Å². The van der Waals surface area contributed by atoms with E-state index in [1.807, 2.05) is 11.8 Å². The lowest BCUT2D eigenvalue weighted by Gasteiger charge is -2.32. The largest absolute Gasteiger partial charge is 0.338 e. The third kappa shape index (κ3) is 5.92. The predicted octanol–water partition coefficient (Wildman–Crippen LogP) is 4.25. The van der Waals surface area contributed by atoms with Gasteiger partial charge in [-0.1, -0.05) is 37.5 Å². The number of urea groups is 1. The molecule has 1 heterocycles. The summed E-state index contributed by atoms with van der Waals surface area (Å²) in [5.41, 5.74) is 1.43. The highest BCUT2D eigenvalue weighted by Gasteiger charge is 2.21. The number of likely N-dealkylation sites (tertiary alicyclic amines) is 1. The van der Waals surface area contributed by atoms with E-state index in [-0.39, 0.29) is 6.03 Å². The first kappa shape index (κ1) is 19.6. The van der Waals surface area contributed by atoms with Gasteiger partial charge in [-0.3, -0.25) is 4.90 Å². The maximum absolute atomic E-state index is 12.1. The van der Waals surface area contributed by atoms with Crippen molar-refractivity contribution in [2.45, 2.75) is 62.4 Å². The van der Waals surface area contributed by atoms with Gasteiger partial charge in [0, 0.05) is 24.0 Å². The first-order chi connectivity index (χ1) is 12.7. The molecule has 0 aromatic heterocycles. The number of hydrogen-bond donors (Lipinski definition) is 2. The smallest absolute Gasteiger partial charge is 0.315 e. The molecule has 1 aromatic rings. The summed E-state index contributed by atoms with van der Waals surface area (Å²) in [5, 5.41) is 6.26. The van der Waals surface area contributed by atoms with Crippen LogP contribution >= 0.6 is 11.8 Å². The van der Waals surface area contributed by atoms with E-state index in [0.29, 0.717) is 12.0 Å². The Morgan fingerprint density at radius 1 is 1.12 bits per heavy atom. The summed E-state index contributed by atoms with van der Waals surface area (Å²) in [5.74, 6) is 0.610. The lowest BCUT2D eigenvalue weighted by molar-refractivity contribution is 0.173. The van der Waals surface area contributed by atoms with Gasteiger partial charge in [0.05, 0.1) is 0 Å². The van der Waals surface area contributed by atoms with E-state index in [1.165, 1.54) is 42.6 Å². The Balaban J connectivity index is 1.35. The van der Waals surface area contributed by atoms with Gasteiger partial charge < -0.3 is 10.6 Å². The van der Waals surface area contributed by atoms with Crippen LogP contribution in [0, 0.1) is 5.92 Å². The third-order valence-corrected chi connectivity index (χ3v) is 6.62. The standard InChI is InChI=1S/C21H33N3OS/c1-26-20-10-6-5-7-18(20)16-24-13-11-17(12-14-24)15-22-21(25)23-19-8-3-2-4-9-19/h5-7,10,17,19H,2-4,8-9,11-16H2,1H3,(H2,22,23,25). The van der Waals surface area contributed by atoms with Crippen molar-refractivity contribution in [1.29, 1.82) is 0 Å². The first-order valence-electron chi connectivity index (χ1n) is 10.1. The molecular formula is C21H33N3OS. The van der Waals surface area contributed by atoms with Crippen molar-refractivity contribution in [1.82, 2.24) is 15.5 Å². The molecule has 1 saturated heterocycles. The Labute approximate surface area is 162 Å². The van der Waals surface area contributed by atoms with Crippen molar-refractivity contribution < 1.29 is 4.79 Å². The molecular weight excluding hydrogens is 342 g/mol. The molecule has 2 N–H and O–H groups in total. The van der Waals surface area contributed by atoms with E-state index in [4.69, 9.17) is 0 Å². The van der Waals surface area contributed by atoms with Crippen LogP contribution in [0.1, 0.15) is 50.5 Å². The molecule has 1 aliphatic heterocycles. The van der Waals surface area contributed by atoms with Crippen LogP contribution in [0.5, 0.6) is 0 Å². The molecule has 1 saturated carbocycles. The van der Waals surface area contributed by atoms with Crippen LogP contribution in [0.15, 0.2) is 29.2 Å². The van der Waals surface area contributed by atoms with Gasteiger partial charge in [0.15, 0.2) is 0 Å². The number of amides is 2. The maximum Gasteiger partial charge on any atom is 0.315 e. The van der Waals surface area contributed by atoms with E-state index in [1.54, 1.807) is 0 Å². The molecule has 1 aromatic carbocycles. The van der Waals surface area contributed by atoms with E-state index in [0.717, 1.165) is 39.0 Å². The highest BCUT2D eigenvalue weighted by Crippen LogP contribution is 2.24. The normalized spacial score (nSPS) is 20.0. The Morgan fingerprint density at radius 2 is 1.85 bits per heavy atom. The molecule has 144 valence electrons. The second kappa shape index (κ2) is 10.2. The maximum atomic E-state index is 12.1. The van der Waals surface area contributed by atoms with E-state index in [2.05, 4.69) is 46.1 Å². The van der Waals surface area contributed by atoms with Crippen LogP contribution in [-0.4, -0.2) is 42.9 Å². The average Bonchev–Trinajstić information content (AvgIpc) is 2.69. The van der Waals surface area contributed by atoms with Crippen molar-refractivity contribution in [3.05, 3.63) is 29.8 Å². The molecule has 1 aliphatic carbocycles. The highest BCUT2D eigenvalue weighted by atomic mass is 32.2. The minimum absolute atomic E-state index is 0.0354. The number of thioether (sulfide) groups is 1. The number of benzene rings is 1. The lowest BCUT2D eigenvalue weighted by atomic mass is 9.95. The van der Waals surface area contributed by atoms with Crippen molar-refractivity contribution in [3.63, 3.8) is 0 Å². The summed E-state index contributed by atoms with van der Waals surface area (Å²) in [7, 11) is 0. The van der Waals surface area contributed by atoms with Gasteiger partial charge in [-0.2, -0.15) is 0 Å². The molecule has 0 unspecified atom stereocenters. The van der Waals surface area contributed by atoms with Crippen LogP contribution < -0.4 is 10.6 Å². The van der Waals surface area contributed by atoms with Crippen LogP contribution in [0.3, 0.4) is 0 Å². The number of carbonyl (C=O) groups is 1. The molecule has 2 aliphatic rings. The lowest BCUT2D eigenvalue weighted by Crippen LogP contribution is -2.45. The minimum Gasteiger partial charge on any atom is -0.338 e. The van der Waals surface area contributed by atoms with Crippen molar-refractivity contribution in [3.8, 4) is 0 Å². The molecule has 2 fully saturated rings. The zero-order chi connectivity index (χ0) is 18.2. The fourth-order valence-electron chi connectivity index (χ4n) is 4.14. The Morgan fingerprint density at radius 3 is 2.58 bits per heavy atom. The Kier molecular flexibility index (Phi) is 7.69. The van der Waals surface area contributed by atoms with Gasteiger partial charge in [0.2, 0.25) is 0 Å². The van der Waals surface area contributed by atoms with Gasteiger partial charge in [-0.15, -0.1) is 11.8 Å². The van der Waals surface area contributed by atoms with Crippen molar-refractivity contribution in [2.75, 3.05) is 25.9 Å². The first-order valence-corrected chi connectivity index (χ1v) is 11.4. The van der Waals surface area contributed by atoms with E-state index in [9.17, 15) is 4.79 Å². The van der Waals surface area contributed by atoms with Crippen molar-refractivity contribution >= 4 is 17.8 Å². The highest BCUT2D eigenvalue weighted by molar-refractivity contribution is 7.98. The summed E-state index contributed by atoms with van der Waals surface area (Å²) in [6.07, 6.45) is 10.6. The molecule has 2 amide bonds. The molecule has 0 atom stereocenters. The summed E-state index contributed by atoms with van der Waals surface area (Å²) in [6, 6.07) is 9.13. The fraction of sp³-hybridized carbons (Fsp3) is 0.667. The average molecular weight is 376 g/mol. The summed E-state index contributed by atoms with van der Waals surface area (Å²) in [4.78, 5) is 16.0. The third-order valence-electron chi connectivity index (χ3n) is 5.79. The second-order valence-corrected chi connectivity index (χ2v) is 8.57. The number of piperidine rings is 1. The van der Waals surface area contributed by atoms with Gasteiger partial charge >= 0.3 is 6.03 Å². The number of rotatable bonds is 6. The molecule has 4 nitrogen and oxygen atoms in total.